The number of aromatic nitrogens is 2. The summed E-state index contributed by atoms with van der Waals surface area (Å²) in [7, 11) is 0. The molecule has 0 aliphatic carbocycles. The summed E-state index contributed by atoms with van der Waals surface area (Å²) < 4.78 is 5.74. The van der Waals surface area contributed by atoms with Gasteiger partial charge in [-0.3, -0.25) is 9.59 Å². The second-order valence-corrected chi connectivity index (χ2v) is 7.08. The first-order valence-corrected chi connectivity index (χ1v) is 8.99. The first-order chi connectivity index (χ1) is 12.4. The number of amides is 2. The third kappa shape index (κ3) is 4.47. The van der Waals surface area contributed by atoms with Crippen LogP contribution in [0.2, 0.25) is 0 Å². The average molecular weight is 423 g/mol. The van der Waals surface area contributed by atoms with Crippen molar-refractivity contribution in [2.75, 3.05) is 6.54 Å². The van der Waals surface area contributed by atoms with Crippen molar-refractivity contribution in [2.45, 2.75) is 38.5 Å². The van der Waals surface area contributed by atoms with Gasteiger partial charge in [-0.05, 0) is 40.5 Å². The molecule has 2 N–H and O–H groups in total. The minimum Gasteiger partial charge on any atom is -0.391 e. The van der Waals surface area contributed by atoms with Crippen molar-refractivity contribution in [1.29, 1.82) is 0 Å². The molecule has 0 bridgehead atoms. The third-order valence-corrected chi connectivity index (χ3v) is 4.60. The number of carbonyl (C=O) groups excluding carboxylic acids is 2. The van der Waals surface area contributed by atoms with Crippen LogP contribution in [0.25, 0.3) is 0 Å². The highest BCUT2D eigenvalue weighted by molar-refractivity contribution is 9.10. The van der Waals surface area contributed by atoms with Crippen LogP contribution < -0.4 is 5.32 Å². The van der Waals surface area contributed by atoms with Gasteiger partial charge in [0.25, 0.3) is 0 Å². The first kappa shape index (κ1) is 18.5. The van der Waals surface area contributed by atoms with Crippen LogP contribution in [0.15, 0.2) is 33.5 Å². The van der Waals surface area contributed by atoms with Crippen LogP contribution in [0.3, 0.4) is 0 Å². The molecule has 3 heterocycles. The summed E-state index contributed by atoms with van der Waals surface area (Å²) in [6.45, 7) is 2.21. The van der Waals surface area contributed by atoms with E-state index in [9.17, 15) is 14.7 Å². The van der Waals surface area contributed by atoms with Crippen molar-refractivity contribution in [1.82, 2.24) is 20.4 Å². The minimum atomic E-state index is -0.721. The number of pyridine rings is 1. The molecule has 1 aliphatic heterocycles. The highest BCUT2D eigenvalue weighted by Gasteiger charge is 2.38. The zero-order chi connectivity index (χ0) is 18.7. The number of carbonyl (C=O) groups is 2. The predicted molar refractivity (Wildman–Crippen MR) is 94.9 cm³/mol. The number of hydrogen-bond acceptors (Lipinski definition) is 6. The largest absolute Gasteiger partial charge is 0.391 e. The van der Waals surface area contributed by atoms with Crippen LogP contribution in [0, 0.1) is 6.92 Å². The molecule has 8 nitrogen and oxygen atoms in total. The molecule has 1 fully saturated rings. The molecule has 2 unspecified atom stereocenters. The summed E-state index contributed by atoms with van der Waals surface area (Å²) in [6, 6.07) is 4.58. The van der Waals surface area contributed by atoms with E-state index < -0.39 is 12.1 Å². The van der Waals surface area contributed by atoms with Gasteiger partial charge >= 0.3 is 0 Å². The standard InChI is InChI=1S/C17H19BrN4O4/c1-10-4-13(26-21-10)7-16(24)22-9-12(23)6-14(22)17(25)20-8-11-2-3-19-15(18)5-11/h2-5,12,14,23H,6-9H2,1H3,(H,20,25). The smallest absolute Gasteiger partial charge is 0.243 e. The molecule has 1 saturated heterocycles. The Labute approximate surface area is 158 Å². The normalized spacial score (nSPS) is 19.6. The number of halogens is 1. The van der Waals surface area contributed by atoms with E-state index >= 15 is 0 Å². The molecule has 0 radical (unpaired) electrons. The van der Waals surface area contributed by atoms with Crippen molar-refractivity contribution < 1.29 is 19.2 Å². The number of likely N-dealkylation sites (tertiary alicyclic amines) is 1. The number of aliphatic hydroxyl groups excluding tert-OH is 1. The monoisotopic (exact) mass is 422 g/mol. The lowest BCUT2D eigenvalue weighted by Crippen LogP contribution is -2.46. The van der Waals surface area contributed by atoms with Crippen LogP contribution in [0.4, 0.5) is 0 Å². The van der Waals surface area contributed by atoms with Crippen molar-refractivity contribution in [2.24, 2.45) is 0 Å². The summed E-state index contributed by atoms with van der Waals surface area (Å²) in [5.41, 5.74) is 1.57. The van der Waals surface area contributed by atoms with Gasteiger partial charge in [0.1, 0.15) is 16.4 Å². The predicted octanol–water partition coefficient (Wildman–Crippen LogP) is 0.961. The lowest BCUT2D eigenvalue weighted by Gasteiger charge is -2.23. The lowest BCUT2D eigenvalue weighted by molar-refractivity contribution is -0.138. The number of aryl methyl sites for hydroxylation is 1. The molecule has 9 heteroatoms. The molecule has 0 aromatic carbocycles. The molecule has 2 aromatic rings. The maximum absolute atomic E-state index is 12.5. The lowest BCUT2D eigenvalue weighted by atomic mass is 10.1. The number of rotatable bonds is 5. The van der Waals surface area contributed by atoms with E-state index in [1.807, 2.05) is 0 Å². The van der Waals surface area contributed by atoms with E-state index in [1.54, 1.807) is 31.3 Å². The summed E-state index contributed by atoms with van der Waals surface area (Å²) in [5.74, 6) is -0.129. The van der Waals surface area contributed by atoms with Gasteiger partial charge in [0.2, 0.25) is 11.8 Å². The van der Waals surface area contributed by atoms with Crippen LogP contribution in [-0.4, -0.2) is 50.7 Å². The Kier molecular flexibility index (Phi) is 5.67. The minimum absolute atomic E-state index is 0.00857. The summed E-state index contributed by atoms with van der Waals surface area (Å²) in [4.78, 5) is 30.5. The number of nitrogens with zero attached hydrogens (tertiary/aromatic N) is 3. The number of β-amino-alcohol motifs (C(OH)–C–C–N with tert-alkyl or cyclic N) is 1. The molecule has 0 spiro atoms. The van der Waals surface area contributed by atoms with E-state index in [-0.39, 0.29) is 31.2 Å². The Balaban J connectivity index is 1.62. The third-order valence-electron chi connectivity index (χ3n) is 4.16. The van der Waals surface area contributed by atoms with E-state index in [4.69, 9.17) is 4.52 Å². The van der Waals surface area contributed by atoms with Crippen LogP contribution in [0.1, 0.15) is 23.4 Å². The summed E-state index contributed by atoms with van der Waals surface area (Å²) in [5, 5.41) is 16.5. The van der Waals surface area contributed by atoms with E-state index in [0.717, 1.165) is 5.56 Å². The van der Waals surface area contributed by atoms with Gasteiger partial charge in [-0.25, -0.2) is 4.98 Å². The number of nitrogens with one attached hydrogen (secondary N) is 1. The average Bonchev–Trinajstić information content (AvgIpc) is 3.18. The highest BCUT2D eigenvalue weighted by Crippen LogP contribution is 2.20. The molecule has 138 valence electrons. The van der Waals surface area contributed by atoms with E-state index in [2.05, 4.69) is 31.4 Å². The van der Waals surface area contributed by atoms with E-state index in [0.29, 0.717) is 22.6 Å². The maximum atomic E-state index is 12.5. The topological polar surface area (TPSA) is 109 Å². The molecule has 0 saturated carbocycles. The van der Waals surface area contributed by atoms with Crippen molar-refractivity contribution in [3.8, 4) is 0 Å². The highest BCUT2D eigenvalue weighted by atomic mass is 79.9. The fourth-order valence-corrected chi connectivity index (χ4v) is 3.36. The van der Waals surface area contributed by atoms with Crippen molar-refractivity contribution in [3.63, 3.8) is 0 Å². The summed E-state index contributed by atoms with van der Waals surface area (Å²) >= 11 is 3.28. The van der Waals surface area contributed by atoms with Gasteiger partial charge in [-0.2, -0.15) is 0 Å². The Hall–Kier alpha value is -2.26. The molecule has 2 amide bonds. The van der Waals surface area contributed by atoms with Crippen LogP contribution in [0.5, 0.6) is 0 Å². The van der Waals surface area contributed by atoms with Gasteiger partial charge < -0.3 is 19.8 Å². The molecular weight excluding hydrogens is 404 g/mol. The zero-order valence-corrected chi connectivity index (χ0v) is 15.8. The van der Waals surface area contributed by atoms with Gasteiger partial charge in [0.15, 0.2) is 0 Å². The fourth-order valence-electron chi connectivity index (χ4n) is 2.95. The molecule has 2 atom stereocenters. The first-order valence-electron chi connectivity index (χ1n) is 8.20. The summed E-state index contributed by atoms with van der Waals surface area (Å²) in [6.07, 6.45) is 1.14. The Morgan fingerprint density at radius 1 is 1.46 bits per heavy atom. The SMILES string of the molecule is Cc1cc(CC(=O)N2CC(O)CC2C(=O)NCc2ccnc(Br)c2)on1. The Bertz CT molecular complexity index is 810. The molecular formula is C17H19BrN4O4. The number of aliphatic hydroxyl groups is 1. The van der Waals surface area contributed by atoms with Gasteiger partial charge in [-0.15, -0.1) is 0 Å². The van der Waals surface area contributed by atoms with Gasteiger partial charge in [0, 0.05) is 31.8 Å². The second-order valence-electron chi connectivity index (χ2n) is 6.27. The maximum Gasteiger partial charge on any atom is 0.243 e. The quantitative estimate of drug-likeness (QED) is 0.694. The Morgan fingerprint density at radius 3 is 2.96 bits per heavy atom. The van der Waals surface area contributed by atoms with Crippen molar-refractivity contribution in [3.05, 3.63) is 46.0 Å². The van der Waals surface area contributed by atoms with Gasteiger partial charge in [-0.1, -0.05) is 5.16 Å². The zero-order valence-electron chi connectivity index (χ0n) is 14.2. The van der Waals surface area contributed by atoms with Gasteiger partial charge in [0.05, 0.1) is 18.2 Å². The molecule has 26 heavy (non-hydrogen) atoms. The fraction of sp³-hybridized carbons (Fsp3) is 0.412. The van der Waals surface area contributed by atoms with Crippen LogP contribution in [-0.2, 0) is 22.6 Å². The van der Waals surface area contributed by atoms with E-state index in [1.165, 1.54) is 4.90 Å². The molecule has 2 aromatic heterocycles. The second kappa shape index (κ2) is 7.96. The molecule has 3 rings (SSSR count). The van der Waals surface area contributed by atoms with Crippen LogP contribution >= 0.6 is 15.9 Å². The molecule has 1 aliphatic rings. The number of hydrogen-bond donors (Lipinski definition) is 2. The van der Waals surface area contributed by atoms with Crippen molar-refractivity contribution >= 4 is 27.7 Å². The Morgan fingerprint density at radius 2 is 2.27 bits per heavy atom.